The lowest BCUT2D eigenvalue weighted by molar-refractivity contribution is -0.137. The van der Waals surface area contributed by atoms with Crippen LogP contribution in [0.4, 0.5) is 23.7 Å². The number of anilines is 1. The number of carbonyl (C=O) groups is 1. The fourth-order valence-corrected chi connectivity index (χ4v) is 1.35. The van der Waals surface area contributed by atoms with Crippen molar-refractivity contribution < 1.29 is 18.0 Å². The van der Waals surface area contributed by atoms with E-state index in [0.29, 0.717) is 0 Å². The molecule has 1 aromatic rings. The number of benzene rings is 1. The van der Waals surface area contributed by atoms with Gasteiger partial charge in [0, 0.05) is 11.7 Å². The number of amides is 2. The lowest BCUT2D eigenvalue weighted by atomic mass is 10.2. The summed E-state index contributed by atoms with van der Waals surface area (Å²) in [6, 6.07) is 4.25. The second-order valence-corrected chi connectivity index (χ2v) is 3.95. The second-order valence-electron chi connectivity index (χ2n) is 3.95. The summed E-state index contributed by atoms with van der Waals surface area (Å²) in [5.74, 6) is 0. The number of halogens is 3. The quantitative estimate of drug-likeness (QED) is 0.825. The predicted molar refractivity (Wildman–Crippen MR) is 56.6 cm³/mol. The highest BCUT2D eigenvalue weighted by molar-refractivity contribution is 5.89. The molecule has 2 rings (SSSR count). The molecule has 0 aliphatic heterocycles. The van der Waals surface area contributed by atoms with Crippen molar-refractivity contribution in [1.29, 1.82) is 0 Å². The first-order chi connectivity index (χ1) is 7.95. The standard InChI is InChI=1S/C11H11F3N2O/c12-11(13,14)7-2-1-3-9(6-7)16-10(17)15-8-4-5-8/h1-3,6,8H,4-5H2,(H2,15,16,17). The van der Waals surface area contributed by atoms with E-state index in [4.69, 9.17) is 0 Å². The minimum absolute atomic E-state index is 0.137. The Bertz CT molecular complexity index is 427. The highest BCUT2D eigenvalue weighted by atomic mass is 19.4. The van der Waals surface area contributed by atoms with E-state index in [1.807, 2.05) is 0 Å². The van der Waals surface area contributed by atoms with Crippen LogP contribution < -0.4 is 10.6 Å². The summed E-state index contributed by atoms with van der Waals surface area (Å²) in [7, 11) is 0. The van der Waals surface area contributed by atoms with Crippen LogP contribution in [0.15, 0.2) is 24.3 Å². The topological polar surface area (TPSA) is 41.1 Å². The molecular weight excluding hydrogens is 233 g/mol. The van der Waals surface area contributed by atoms with Gasteiger partial charge in [-0.15, -0.1) is 0 Å². The number of urea groups is 1. The highest BCUT2D eigenvalue weighted by Crippen LogP contribution is 2.30. The molecule has 0 radical (unpaired) electrons. The van der Waals surface area contributed by atoms with Gasteiger partial charge in [-0.1, -0.05) is 6.07 Å². The SMILES string of the molecule is O=C(Nc1cccc(C(F)(F)F)c1)NC1CC1. The zero-order valence-corrected chi connectivity index (χ0v) is 8.84. The maximum absolute atomic E-state index is 12.4. The van der Waals surface area contributed by atoms with Crippen molar-refractivity contribution >= 4 is 11.7 Å². The van der Waals surface area contributed by atoms with E-state index in [9.17, 15) is 18.0 Å². The van der Waals surface area contributed by atoms with Crippen molar-refractivity contribution in [3.63, 3.8) is 0 Å². The van der Waals surface area contributed by atoms with E-state index in [1.54, 1.807) is 0 Å². The van der Waals surface area contributed by atoms with E-state index in [2.05, 4.69) is 10.6 Å². The van der Waals surface area contributed by atoms with Crippen molar-refractivity contribution in [1.82, 2.24) is 5.32 Å². The number of carbonyl (C=O) groups excluding carboxylic acids is 1. The van der Waals surface area contributed by atoms with Crippen LogP contribution in [0.25, 0.3) is 0 Å². The monoisotopic (exact) mass is 244 g/mol. The Morgan fingerprint density at radius 2 is 2.00 bits per heavy atom. The van der Waals surface area contributed by atoms with Gasteiger partial charge < -0.3 is 10.6 Å². The minimum Gasteiger partial charge on any atom is -0.335 e. The summed E-state index contributed by atoms with van der Waals surface area (Å²) in [5, 5.41) is 5.00. The molecule has 0 saturated heterocycles. The molecule has 1 aromatic carbocycles. The van der Waals surface area contributed by atoms with Crippen molar-refractivity contribution in [2.24, 2.45) is 0 Å². The average Bonchev–Trinajstić information content (AvgIpc) is 3.00. The Kier molecular flexibility index (Phi) is 2.95. The summed E-state index contributed by atoms with van der Waals surface area (Å²) in [6.45, 7) is 0. The molecule has 2 N–H and O–H groups in total. The molecule has 0 heterocycles. The molecule has 92 valence electrons. The maximum Gasteiger partial charge on any atom is 0.416 e. The third-order valence-corrected chi connectivity index (χ3v) is 2.36. The zero-order valence-electron chi connectivity index (χ0n) is 8.84. The van der Waals surface area contributed by atoms with E-state index in [0.717, 1.165) is 25.0 Å². The highest BCUT2D eigenvalue weighted by Gasteiger charge is 2.30. The third-order valence-electron chi connectivity index (χ3n) is 2.36. The number of nitrogens with one attached hydrogen (secondary N) is 2. The third kappa shape index (κ3) is 3.37. The second kappa shape index (κ2) is 4.27. The Morgan fingerprint density at radius 1 is 1.29 bits per heavy atom. The Balaban J connectivity index is 2.02. The van der Waals surface area contributed by atoms with Crippen LogP contribution in [0.5, 0.6) is 0 Å². The normalized spacial score (nSPS) is 15.5. The molecule has 0 spiro atoms. The van der Waals surface area contributed by atoms with Crippen molar-refractivity contribution in [3.8, 4) is 0 Å². The van der Waals surface area contributed by atoms with Gasteiger partial charge in [0.15, 0.2) is 0 Å². The Hall–Kier alpha value is -1.72. The van der Waals surface area contributed by atoms with Crippen LogP contribution in [0.2, 0.25) is 0 Å². The molecule has 0 unspecified atom stereocenters. The number of alkyl halides is 3. The number of hydrogen-bond acceptors (Lipinski definition) is 1. The van der Waals surface area contributed by atoms with E-state index < -0.39 is 17.8 Å². The molecule has 17 heavy (non-hydrogen) atoms. The molecule has 0 atom stereocenters. The van der Waals surface area contributed by atoms with E-state index in [1.165, 1.54) is 12.1 Å². The molecule has 1 aliphatic carbocycles. The summed E-state index contributed by atoms with van der Waals surface area (Å²) >= 11 is 0. The molecule has 1 fully saturated rings. The zero-order chi connectivity index (χ0) is 12.5. The van der Waals surface area contributed by atoms with Crippen LogP contribution in [0.3, 0.4) is 0 Å². The van der Waals surface area contributed by atoms with Crippen LogP contribution in [-0.2, 0) is 6.18 Å². The molecule has 2 amide bonds. The van der Waals surface area contributed by atoms with Gasteiger partial charge in [-0.2, -0.15) is 13.2 Å². The summed E-state index contributed by atoms with van der Waals surface area (Å²) in [6.07, 6.45) is -2.54. The first-order valence-corrected chi connectivity index (χ1v) is 5.20. The van der Waals surface area contributed by atoms with E-state index >= 15 is 0 Å². The van der Waals surface area contributed by atoms with Gasteiger partial charge in [-0.3, -0.25) is 0 Å². The summed E-state index contributed by atoms with van der Waals surface area (Å²) in [5.41, 5.74) is -0.639. The lowest BCUT2D eigenvalue weighted by Gasteiger charge is -2.10. The average molecular weight is 244 g/mol. The van der Waals surface area contributed by atoms with E-state index in [-0.39, 0.29) is 11.7 Å². The van der Waals surface area contributed by atoms with Crippen LogP contribution in [0, 0.1) is 0 Å². The van der Waals surface area contributed by atoms with Crippen LogP contribution in [-0.4, -0.2) is 12.1 Å². The predicted octanol–water partition coefficient (Wildman–Crippen LogP) is 2.99. The number of hydrogen-bond donors (Lipinski definition) is 2. The van der Waals surface area contributed by atoms with Gasteiger partial charge in [0.05, 0.1) is 5.56 Å². The molecular formula is C11H11F3N2O. The fraction of sp³-hybridized carbons (Fsp3) is 0.364. The molecule has 0 aromatic heterocycles. The van der Waals surface area contributed by atoms with Gasteiger partial charge >= 0.3 is 12.2 Å². The smallest absolute Gasteiger partial charge is 0.335 e. The molecule has 1 saturated carbocycles. The molecule has 6 heteroatoms. The first-order valence-electron chi connectivity index (χ1n) is 5.20. The van der Waals surface area contributed by atoms with Gasteiger partial charge in [0.1, 0.15) is 0 Å². The van der Waals surface area contributed by atoms with Gasteiger partial charge in [0.25, 0.3) is 0 Å². The number of rotatable bonds is 2. The maximum atomic E-state index is 12.4. The minimum atomic E-state index is -4.40. The van der Waals surface area contributed by atoms with Gasteiger partial charge in [-0.05, 0) is 31.0 Å². The first kappa shape index (κ1) is 11.8. The Labute approximate surface area is 96.0 Å². The van der Waals surface area contributed by atoms with Gasteiger partial charge in [-0.25, -0.2) is 4.79 Å². The molecule has 3 nitrogen and oxygen atoms in total. The van der Waals surface area contributed by atoms with Crippen molar-refractivity contribution in [2.75, 3.05) is 5.32 Å². The van der Waals surface area contributed by atoms with Gasteiger partial charge in [0.2, 0.25) is 0 Å². The molecule has 1 aliphatic rings. The van der Waals surface area contributed by atoms with Crippen LogP contribution in [0.1, 0.15) is 18.4 Å². The van der Waals surface area contributed by atoms with Crippen molar-refractivity contribution in [3.05, 3.63) is 29.8 Å². The Morgan fingerprint density at radius 3 is 2.59 bits per heavy atom. The molecule has 0 bridgehead atoms. The summed E-state index contributed by atoms with van der Waals surface area (Å²) < 4.78 is 37.2. The largest absolute Gasteiger partial charge is 0.416 e. The van der Waals surface area contributed by atoms with Crippen molar-refractivity contribution in [2.45, 2.75) is 25.1 Å². The fourth-order valence-electron chi connectivity index (χ4n) is 1.35. The summed E-state index contributed by atoms with van der Waals surface area (Å²) in [4.78, 5) is 11.3. The lowest BCUT2D eigenvalue weighted by Crippen LogP contribution is -2.30. The van der Waals surface area contributed by atoms with Crippen LogP contribution >= 0.6 is 0 Å².